The summed E-state index contributed by atoms with van der Waals surface area (Å²) in [7, 11) is 0. The van der Waals surface area contributed by atoms with Crippen LogP contribution in [-0.2, 0) is 16.0 Å². The molecule has 1 aromatic carbocycles. The SMILES string of the molecule is Cc1cc(C)c(CC(CC(=O)O)N2CCOCC2)c(C)c1. The third-order valence-electron chi connectivity index (χ3n) is 4.25. The Kier molecular flexibility index (Phi) is 5.37. The molecule has 0 aromatic heterocycles. The number of hydrogen-bond donors (Lipinski definition) is 1. The van der Waals surface area contributed by atoms with Crippen LogP contribution < -0.4 is 0 Å². The fraction of sp³-hybridized carbons (Fsp3) is 0.588. The second-order valence-corrected chi connectivity index (χ2v) is 5.98. The van der Waals surface area contributed by atoms with Gasteiger partial charge in [-0.1, -0.05) is 17.7 Å². The molecule has 1 heterocycles. The molecule has 0 radical (unpaired) electrons. The van der Waals surface area contributed by atoms with Crippen LogP contribution in [0.1, 0.15) is 28.7 Å². The summed E-state index contributed by atoms with van der Waals surface area (Å²) < 4.78 is 5.38. The highest BCUT2D eigenvalue weighted by atomic mass is 16.5. The van der Waals surface area contributed by atoms with Gasteiger partial charge in [0.15, 0.2) is 0 Å². The lowest BCUT2D eigenvalue weighted by Crippen LogP contribution is -2.45. The first-order chi connectivity index (χ1) is 9.97. The van der Waals surface area contributed by atoms with Gasteiger partial charge >= 0.3 is 5.97 Å². The van der Waals surface area contributed by atoms with E-state index >= 15 is 0 Å². The molecule has 2 rings (SSSR count). The molecule has 4 heteroatoms. The normalized spacial score (nSPS) is 17.7. The van der Waals surface area contributed by atoms with Crippen LogP contribution in [0.25, 0.3) is 0 Å². The molecule has 0 amide bonds. The number of benzene rings is 1. The fourth-order valence-corrected chi connectivity index (χ4v) is 3.24. The van der Waals surface area contributed by atoms with Crippen LogP contribution in [0, 0.1) is 20.8 Å². The minimum absolute atomic E-state index is 0.0477. The van der Waals surface area contributed by atoms with E-state index in [0.29, 0.717) is 13.2 Å². The first-order valence-corrected chi connectivity index (χ1v) is 7.57. The van der Waals surface area contributed by atoms with Crippen LogP contribution in [0.3, 0.4) is 0 Å². The van der Waals surface area contributed by atoms with Gasteiger partial charge in [-0.15, -0.1) is 0 Å². The minimum Gasteiger partial charge on any atom is -0.481 e. The number of hydrogen-bond acceptors (Lipinski definition) is 3. The van der Waals surface area contributed by atoms with E-state index in [2.05, 4.69) is 37.8 Å². The van der Waals surface area contributed by atoms with E-state index < -0.39 is 5.97 Å². The molecular weight excluding hydrogens is 266 g/mol. The van der Waals surface area contributed by atoms with Crippen LogP contribution >= 0.6 is 0 Å². The highest BCUT2D eigenvalue weighted by Gasteiger charge is 2.24. The van der Waals surface area contributed by atoms with Crippen LogP contribution in [0.5, 0.6) is 0 Å². The molecule has 1 saturated heterocycles. The molecule has 1 aliphatic rings. The van der Waals surface area contributed by atoms with Gasteiger partial charge in [0.2, 0.25) is 0 Å². The Morgan fingerprint density at radius 2 is 1.81 bits per heavy atom. The number of morpholine rings is 1. The maximum Gasteiger partial charge on any atom is 0.304 e. The van der Waals surface area contributed by atoms with E-state index in [4.69, 9.17) is 4.74 Å². The standard InChI is InChI=1S/C17H25NO3/c1-12-8-13(2)16(14(3)9-12)10-15(11-17(19)20)18-4-6-21-7-5-18/h8-9,15H,4-7,10-11H2,1-3H3,(H,19,20). The highest BCUT2D eigenvalue weighted by molar-refractivity contribution is 5.67. The van der Waals surface area contributed by atoms with Crippen molar-refractivity contribution in [3.05, 3.63) is 34.4 Å². The van der Waals surface area contributed by atoms with Gasteiger partial charge in [0.1, 0.15) is 0 Å². The largest absolute Gasteiger partial charge is 0.481 e. The Balaban J connectivity index is 2.19. The monoisotopic (exact) mass is 291 g/mol. The molecule has 1 unspecified atom stereocenters. The van der Waals surface area contributed by atoms with E-state index in [-0.39, 0.29) is 12.5 Å². The molecule has 4 nitrogen and oxygen atoms in total. The lowest BCUT2D eigenvalue weighted by molar-refractivity contribution is -0.138. The summed E-state index contributed by atoms with van der Waals surface area (Å²) in [5.41, 5.74) is 5.07. The summed E-state index contributed by atoms with van der Waals surface area (Å²) in [4.78, 5) is 13.5. The number of rotatable bonds is 5. The van der Waals surface area contributed by atoms with Gasteiger partial charge in [0.05, 0.1) is 19.6 Å². The maximum atomic E-state index is 11.2. The van der Waals surface area contributed by atoms with Crippen molar-refractivity contribution < 1.29 is 14.6 Å². The zero-order valence-corrected chi connectivity index (χ0v) is 13.2. The van der Waals surface area contributed by atoms with Crippen LogP contribution in [0.4, 0.5) is 0 Å². The van der Waals surface area contributed by atoms with Gasteiger partial charge < -0.3 is 9.84 Å². The van der Waals surface area contributed by atoms with Crippen molar-refractivity contribution >= 4 is 5.97 Å². The van der Waals surface area contributed by atoms with E-state index in [9.17, 15) is 9.90 Å². The zero-order valence-electron chi connectivity index (χ0n) is 13.2. The third-order valence-corrected chi connectivity index (χ3v) is 4.25. The van der Waals surface area contributed by atoms with Crippen LogP contribution in [-0.4, -0.2) is 48.3 Å². The second kappa shape index (κ2) is 7.05. The molecule has 0 spiro atoms. The summed E-state index contributed by atoms with van der Waals surface area (Å²) in [6.45, 7) is 9.37. The topological polar surface area (TPSA) is 49.8 Å². The Labute approximate surface area is 126 Å². The summed E-state index contributed by atoms with van der Waals surface area (Å²) in [6, 6.07) is 4.41. The molecular formula is C17H25NO3. The molecule has 1 aliphatic heterocycles. The predicted molar refractivity (Wildman–Crippen MR) is 82.8 cm³/mol. The van der Waals surface area contributed by atoms with Crippen LogP contribution in [0.15, 0.2) is 12.1 Å². The first-order valence-electron chi connectivity index (χ1n) is 7.57. The van der Waals surface area contributed by atoms with E-state index in [1.54, 1.807) is 0 Å². The van der Waals surface area contributed by atoms with E-state index in [0.717, 1.165) is 19.5 Å². The number of carboxylic acids is 1. The number of carbonyl (C=O) groups is 1. The maximum absolute atomic E-state index is 11.2. The Morgan fingerprint density at radius 3 is 2.33 bits per heavy atom. The van der Waals surface area contributed by atoms with E-state index in [1.807, 2.05) is 0 Å². The summed E-state index contributed by atoms with van der Waals surface area (Å²) in [5, 5.41) is 9.22. The van der Waals surface area contributed by atoms with E-state index in [1.165, 1.54) is 22.3 Å². The third kappa shape index (κ3) is 4.29. The summed E-state index contributed by atoms with van der Waals surface area (Å²) >= 11 is 0. The van der Waals surface area contributed by atoms with Gasteiger partial charge in [-0.25, -0.2) is 0 Å². The molecule has 116 valence electrons. The quantitative estimate of drug-likeness (QED) is 0.904. The van der Waals surface area contributed by atoms with Crippen molar-refractivity contribution in [3.63, 3.8) is 0 Å². The Morgan fingerprint density at radius 1 is 1.24 bits per heavy atom. The number of nitrogens with zero attached hydrogens (tertiary/aromatic N) is 1. The van der Waals surface area contributed by atoms with Crippen molar-refractivity contribution in [1.29, 1.82) is 0 Å². The van der Waals surface area contributed by atoms with Crippen molar-refractivity contribution in [3.8, 4) is 0 Å². The summed E-state index contributed by atoms with van der Waals surface area (Å²) in [5.74, 6) is -0.728. The average molecular weight is 291 g/mol. The average Bonchev–Trinajstić information content (AvgIpc) is 2.42. The Hall–Kier alpha value is -1.39. The second-order valence-electron chi connectivity index (χ2n) is 5.98. The molecule has 0 bridgehead atoms. The molecule has 1 fully saturated rings. The van der Waals surface area contributed by atoms with Gasteiger partial charge in [0.25, 0.3) is 0 Å². The number of carboxylic acid groups (broad SMARTS) is 1. The van der Waals surface area contributed by atoms with Crippen molar-refractivity contribution in [2.45, 2.75) is 39.7 Å². The van der Waals surface area contributed by atoms with Crippen molar-refractivity contribution in [1.82, 2.24) is 4.90 Å². The number of ether oxygens (including phenoxy) is 1. The molecule has 0 aliphatic carbocycles. The number of aryl methyl sites for hydroxylation is 3. The fourth-order valence-electron chi connectivity index (χ4n) is 3.24. The smallest absolute Gasteiger partial charge is 0.304 e. The molecule has 0 saturated carbocycles. The van der Waals surface area contributed by atoms with Gasteiger partial charge in [-0.05, 0) is 43.9 Å². The molecule has 1 N–H and O–H groups in total. The number of aliphatic carboxylic acids is 1. The van der Waals surface area contributed by atoms with Crippen LogP contribution in [0.2, 0.25) is 0 Å². The first kappa shape index (κ1) is 16.0. The van der Waals surface area contributed by atoms with Gasteiger partial charge in [-0.3, -0.25) is 9.69 Å². The minimum atomic E-state index is -0.728. The van der Waals surface area contributed by atoms with Crippen molar-refractivity contribution in [2.75, 3.05) is 26.3 Å². The molecule has 1 atom stereocenters. The highest BCUT2D eigenvalue weighted by Crippen LogP contribution is 2.21. The van der Waals surface area contributed by atoms with Crippen molar-refractivity contribution in [2.24, 2.45) is 0 Å². The molecule has 21 heavy (non-hydrogen) atoms. The zero-order chi connectivity index (χ0) is 15.4. The lowest BCUT2D eigenvalue weighted by atomic mass is 9.92. The van der Waals surface area contributed by atoms with Gasteiger partial charge in [0, 0.05) is 19.1 Å². The molecule has 1 aromatic rings. The lowest BCUT2D eigenvalue weighted by Gasteiger charge is -2.34. The summed E-state index contributed by atoms with van der Waals surface area (Å²) in [6.07, 6.45) is 0.983. The predicted octanol–water partition coefficient (Wildman–Crippen LogP) is 2.33. The van der Waals surface area contributed by atoms with Gasteiger partial charge in [-0.2, -0.15) is 0 Å². The Bertz CT molecular complexity index is 484.